The Morgan fingerprint density at radius 1 is 1.25 bits per heavy atom. The van der Waals surface area contributed by atoms with Crippen molar-refractivity contribution in [1.29, 1.82) is 0 Å². The van der Waals surface area contributed by atoms with Gasteiger partial charge in [0.05, 0.1) is 12.3 Å². The van der Waals surface area contributed by atoms with E-state index in [1.54, 1.807) is 0 Å². The molecule has 0 spiro atoms. The van der Waals surface area contributed by atoms with E-state index in [4.69, 9.17) is 4.74 Å². The molecule has 1 N–H and O–H groups in total. The van der Waals surface area contributed by atoms with Crippen LogP contribution in [0.3, 0.4) is 0 Å². The number of pyridine rings is 1. The van der Waals surface area contributed by atoms with Gasteiger partial charge < -0.3 is 9.72 Å². The number of nitrogens with zero attached hydrogens (tertiary/aromatic N) is 3. The Kier molecular flexibility index (Phi) is 5.51. The van der Waals surface area contributed by atoms with E-state index in [0.717, 1.165) is 43.1 Å². The second-order valence-electron chi connectivity index (χ2n) is 6.84. The molecule has 3 heterocycles. The highest BCUT2D eigenvalue weighted by Crippen LogP contribution is 2.23. The quantitative estimate of drug-likeness (QED) is 0.884. The van der Waals surface area contributed by atoms with Gasteiger partial charge in [-0.1, -0.05) is 0 Å². The van der Waals surface area contributed by atoms with Gasteiger partial charge in [0.25, 0.3) is 6.01 Å². The van der Waals surface area contributed by atoms with Crippen LogP contribution in [0.15, 0.2) is 18.3 Å². The monoisotopic (exact) mass is 328 g/mol. The molecule has 5 heteroatoms. The van der Waals surface area contributed by atoms with E-state index in [2.05, 4.69) is 45.8 Å². The third-order valence-corrected chi connectivity index (χ3v) is 4.54. The molecule has 3 rings (SSSR count). The second kappa shape index (κ2) is 7.79. The van der Waals surface area contributed by atoms with Crippen molar-refractivity contribution in [3.05, 3.63) is 41.0 Å². The summed E-state index contributed by atoms with van der Waals surface area (Å²) in [6.07, 6.45) is 5.67. The van der Waals surface area contributed by atoms with Gasteiger partial charge in [-0.05, 0) is 70.2 Å². The summed E-state index contributed by atoms with van der Waals surface area (Å²) in [5.74, 6) is 0.713. The summed E-state index contributed by atoms with van der Waals surface area (Å²) >= 11 is 0. The van der Waals surface area contributed by atoms with Crippen molar-refractivity contribution >= 4 is 0 Å². The van der Waals surface area contributed by atoms with Crippen molar-refractivity contribution in [2.75, 3.05) is 19.7 Å². The van der Waals surface area contributed by atoms with Crippen LogP contribution in [0.2, 0.25) is 0 Å². The molecule has 0 radical (unpaired) electrons. The standard InChI is InChI=1S/C19H28N4O/c1-4-24-19-20-11-18(22-19)13-23-7-5-6-16(12-23)10-17-8-14(2)21-15(3)9-17/h8-9,11,16H,4-7,10,12-13H2,1-3H3,(H,20,22)/t16-/m1/s1. The number of hydrogen-bond donors (Lipinski definition) is 1. The van der Waals surface area contributed by atoms with Gasteiger partial charge >= 0.3 is 0 Å². The molecule has 24 heavy (non-hydrogen) atoms. The molecule has 0 aromatic carbocycles. The lowest BCUT2D eigenvalue weighted by Crippen LogP contribution is -2.35. The molecule has 5 nitrogen and oxygen atoms in total. The van der Waals surface area contributed by atoms with Gasteiger partial charge in [-0.25, -0.2) is 0 Å². The van der Waals surface area contributed by atoms with Crippen LogP contribution in [-0.2, 0) is 13.0 Å². The number of rotatable bonds is 6. The van der Waals surface area contributed by atoms with Gasteiger partial charge in [0.1, 0.15) is 0 Å². The number of imidazole rings is 1. The minimum Gasteiger partial charge on any atom is -0.465 e. The Hall–Kier alpha value is -1.88. The molecule has 0 bridgehead atoms. The number of hydrogen-bond acceptors (Lipinski definition) is 4. The molecule has 0 aliphatic carbocycles. The van der Waals surface area contributed by atoms with Crippen molar-refractivity contribution in [3.8, 4) is 6.01 Å². The smallest absolute Gasteiger partial charge is 0.293 e. The van der Waals surface area contributed by atoms with Crippen molar-refractivity contribution in [2.45, 2.75) is 46.6 Å². The van der Waals surface area contributed by atoms with Crippen LogP contribution in [0.25, 0.3) is 0 Å². The molecule has 1 fully saturated rings. The number of ether oxygens (including phenoxy) is 1. The number of aromatic amines is 1. The van der Waals surface area contributed by atoms with Crippen LogP contribution >= 0.6 is 0 Å². The van der Waals surface area contributed by atoms with E-state index in [-0.39, 0.29) is 0 Å². The van der Waals surface area contributed by atoms with Crippen molar-refractivity contribution in [1.82, 2.24) is 19.9 Å². The fraction of sp³-hybridized carbons (Fsp3) is 0.579. The first-order valence-electron chi connectivity index (χ1n) is 8.96. The fourth-order valence-electron chi connectivity index (χ4n) is 3.69. The second-order valence-corrected chi connectivity index (χ2v) is 6.84. The maximum Gasteiger partial charge on any atom is 0.293 e. The molecule has 0 unspecified atom stereocenters. The Bertz CT molecular complexity index is 647. The average molecular weight is 328 g/mol. The summed E-state index contributed by atoms with van der Waals surface area (Å²) in [5.41, 5.74) is 4.73. The summed E-state index contributed by atoms with van der Waals surface area (Å²) in [6.45, 7) is 9.96. The molecular formula is C19H28N4O. The SMILES string of the molecule is CCOc1nc(CN2CCC[C@H](Cc3cc(C)nc(C)c3)C2)c[nH]1. The lowest BCUT2D eigenvalue weighted by Gasteiger charge is -2.32. The summed E-state index contributed by atoms with van der Waals surface area (Å²) in [7, 11) is 0. The third kappa shape index (κ3) is 4.57. The normalized spacial score (nSPS) is 18.7. The molecule has 2 aromatic heterocycles. The summed E-state index contributed by atoms with van der Waals surface area (Å²) in [5, 5.41) is 0. The molecule has 1 aliphatic rings. The Labute approximate surface area is 144 Å². The number of piperidine rings is 1. The Morgan fingerprint density at radius 3 is 2.79 bits per heavy atom. The predicted octanol–water partition coefficient (Wildman–Crippen LogP) is 3.27. The number of aryl methyl sites for hydroxylation is 2. The van der Waals surface area contributed by atoms with E-state index in [9.17, 15) is 0 Å². The first-order chi connectivity index (χ1) is 11.6. The molecule has 1 atom stereocenters. The maximum atomic E-state index is 5.41. The largest absolute Gasteiger partial charge is 0.465 e. The van der Waals surface area contributed by atoms with Crippen LogP contribution in [0.1, 0.15) is 42.4 Å². The topological polar surface area (TPSA) is 54.0 Å². The zero-order valence-electron chi connectivity index (χ0n) is 15.0. The van der Waals surface area contributed by atoms with Crippen LogP contribution in [0.5, 0.6) is 6.01 Å². The van der Waals surface area contributed by atoms with Gasteiger partial charge in [-0.2, -0.15) is 4.98 Å². The van der Waals surface area contributed by atoms with Gasteiger partial charge in [0.15, 0.2) is 0 Å². The van der Waals surface area contributed by atoms with Crippen molar-refractivity contribution < 1.29 is 4.74 Å². The molecular weight excluding hydrogens is 300 g/mol. The molecule has 130 valence electrons. The number of likely N-dealkylation sites (tertiary alicyclic amines) is 1. The summed E-state index contributed by atoms with van der Waals surface area (Å²) < 4.78 is 5.41. The van der Waals surface area contributed by atoms with Crippen LogP contribution in [0, 0.1) is 19.8 Å². The first kappa shape index (κ1) is 17.0. The summed E-state index contributed by atoms with van der Waals surface area (Å²) in [4.78, 5) is 14.6. The Balaban J connectivity index is 1.57. The highest BCUT2D eigenvalue weighted by atomic mass is 16.5. The van der Waals surface area contributed by atoms with Crippen LogP contribution in [0.4, 0.5) is 0 Å². The van der Waals surface area contributed by atoms with Crippen molar-refractivity contribution in [2.24, 2.45) is 5.92 Å². The van der Waals surface area contributed by atoms with Gasteiger partial charge in [0, 0.05) is 30.7 Å². The minimum absolute atomic E-state index is 0.629. The van der Waals surface area contributed by atoms with Gasteiger partial charge in [-0.3, -0.25) is 9.88 Å². The number of nitrogens with one attached hydrogen (secondary N) is 1. The lowest BCUT2D eigenvalue weighted by atomic mass is 9.91. The van der Waals surface area contributed by atoms with Gasteiger partial charge in [0.2, 0.25) is 0 Å². The van der Waals surface area contributed by atoms with E-state index < -0.39 is 0 Å². The van der Waals surface area contributed by atoms with E-state index in [1.165, 1.54) is 18.4 Å². The fourth-order valence-corrected chi connectivity index (χ4v) is 3.69. The molecule has 1 saturated heterocycles. The summed E-state index contributed by atoms with van der Waals surface area (Å²) in [6, 6.07) is 5.09. The predicted molar refractivity (Wildman–Crippen MR) is 95.2 cm³/mol. The highest BCUT2D eigenvalue weighted by molar-refractivity contribution is 5.21. The third-order valence-electron chi connectivity index (χ3n) is 4.54. The molecule has 1 aliphatic heterocycles. The first-order valence-corrected chi connectivity index (χ1v) is 8.96. The molecule has 0 amide bonds. The van der Waals surface area contributed by atoms with Crippen molar-refractivity contribution in [3.63, 3.8) is 0 Å². The molecule has 2 aromatic rings. The zero-order chi connectivity index (χ0) is 16.9. The minimum atomic E-state index is 0.629. The Morgan fingerprint density at radius 2 is 2.04 bits per heavy atom. The number of aromatic nitrogens is 3. The zero-order valence-corrected chi connectivity index (χ0v) is 15.0. The van der Waals surface area contributed by atoms with Gasteiger partial charge in [-0.15, -0.1) is 0 Å². The van der Waals surface area contributed by atoms with E-state index in [0.29, 0.717) is 18.5 Å². The average Bonchev–Trinajstić information content (AvgIpc) is 2.94. The van der Waals surface area contributed by atoms with E-state index in [1.807, 2.05) is 13.1 Å². The van der Waals surface area contributed by atoms with Crippen LogP contribution < -0.4 is 4.74 Å². The highest BCUT2D eigenvalue weighted by Gasteiger charge is 2.21. The maximum absolute atomic E-state index is 5.41. The van der Waals surface area contributed by atoms with Crippen LogP contribution in [-0.4, -0.2) is 39.5 Å². The number of H-pyrrole nitrogens is 1. The van der Waals surface area contributed by atoms with E-state index >= 15 is 0 Å². The lowest BCUT2D eigenvalue weighted by molar-refractivity contribution is 0.165. The molecule has 0 saturated carbocycles.